The number of rotatable bonds is 9. The predicted molar refractivity (Wildman–Crippen MR) is 148 cm³/mol. The van der Waals surface area contributed by atoms with Gasteiger partial charge in [0.05, 0.1) is 18.6 Å². The number of methoxy groups -OCH3 is 1. The van der Waals surface area contributed by atoms with E-state index in [-0.39, 0.29) is 17.7 Å². The van der Waals surface area contributed by atoms with Crippen molar-refractivity contribution in [3.63, 3.8) is 0 Å². The molecule has 2 amide bonds. The van der Waals surface area contributed by atoms with Crippen molar-refractivity contribution in [2.75, 3.05) is 7.11 Å². The van der Waals surface area contributed by atoms with Gasteiger partial charge in [-0.15, -0.1) is 6.58 Å². The molecular weight excluding hydrogens is 562 g/mol. The standard InChI is InChI=1S/C28H23BrClNO4S/c1-3-4-21-13-20(14-24(34-2)26(21)35-17-19-5-9-22(29)10-6-19)15-25-27(32)31(28(33)36-25)16-18-7-11-23(30)12-8-18/h3,5-15H,1,4,16-17H2,2H3/b25-15-. The molecule has 0 unspecified atom stereocenters. The van der Waals surface area contributed by atoms with Crippen molar-refractivity contribution in [1.82, 2.24) is 4.90 Å². The van der Waals surface area contributed by atoms with Gasteiger partial charge < -0.3 is 9.47 Å². The summed E-state index contributed by atoms with van der Waals surface area (Å²) in [6, 6.07) is 18.7. The minimum atomic E-state index is -0.334. The van der Waals surface area contributed by atoms with Gasteiger partial charge in [0.15, 0.2) is 11.5 Å². The minimum absolute atomic E-state index is 0.188. The monoisotopic (exact) mass is 583 g/mol. The maximum Gasteiger partial charge on any atom is 0.293 e. The molecule has 0 spiro atoms. The fourth-order valence-electron chi connectivity index (χ4n) is 3.69. The molecule has 5 nitrogen and oxygen atoms in total. The highest BCUT2D eigenvalue weighted by atomic mass is 79.9. The maximum atomic E-state index is 13.0. The number of thioether (sulfide) groups is 1. The summed E-state index contributed by atoms with van der Waals surface area (Å²) >= 11 is 10.3. The molecule has 0 radical (unpaired) electrons. The summed E-state index contributed by atoms with van der Waals surface area (Å²) in [4.78, 5) is 27.2. The largest absolute Gasteiger partial charge is 0.493 e. The zero-order chi connectivity index (χ0) is 25.7. The molecule has 1 saturated heterocycles. The second kappa shape index (κ2) is 11.8. The number of allylic oxidation sites excluding steroid dienone is 1. The number of hydrogen-bond acceptors (Lipinski definition) is 5. The van der Waals surface area contributed by atoms with E-state index in [9.17, 15) is 9.59 Å². The van der Waals surface area contributed by atoms with Crippen molar-refractivity contribution in [3.8, 4) is 11.5 Å². The SMILES string of the molecule is C=CCc1cc(/C=C2\SC(=O)N(Cc3ccc(Cl)cc3)C2=O)cc(OC)c1OCc1ccc(Br)cc1. The number of benzene rings is 3. The lowest BCUT2D eigenvalue weighted by molar-refractivity contribution is -0.123. The first kappa shape index (κ1) is 26.1. The van der Waals surface area contributed by atoms with Crippen LogP contribution in [0, 0.1) is 0 Å². The van der Waals surface area contributed by atoms with Gasteiger partial charge in [0.2, 0.25) is 0 Å². The van der Waals surface area contributed by atoms with E-state index in [1.807, 2.05) is 30.3 Å². The number of ether oxygens (including phenoxy) is 2. The first-order valence-electron chi connectivity index (χ1n) is 11.1. The summed E-state index contributed by atoms with van der Waals surface area (Å²) in [7, 11) is 1.57. The van der Waals surface area contributed by atoms with Crippen molar-refractivity contribution in [2.24, 2.45) is 0 Å². The highest BCUT2D eigenvalue weighted by Crippen LogP contribution is 2.38. The van der Waals surface area contributed by atoms with Crippen LogP contribution >= 0.6 is 39.3 Å². The van der Waals surface area contributed by atoms with Crippen LogP contribution in [0.3, 0.4) is 0 Å². The molecule has 0 bridgehead atoms. The van der Waals surface area contributed by atoms with Crippen LogP contribution in [0.25, 0.3) is 6.08 Å². The maximum absolute atomic E-state index is 13.0. The summed E-state index contributed by atoms with van der Waals surface area (Å²) in [6.07, 6.45) is 4.04. The van der Waals surface area contributed by atoms with Crippen LogP contribution in [0.5, 0.6) is 11.5 Å². The number of amides is 2. The van der Waals surface area contributed by atoms with Gasteiger partial charge in [-0.25, -0.2) is 0 Å². The van der Waals surface area contributed by atoms with Gasteiger partial charge in [0, 0.05) is 15.1 Å². The van der Waals surface area contributed by atoms with E-state index in [0.29, 0.717) is 34.5 Å². The van der Waals surface area contributed by atoms with E-state index < -0.39 is 0 Å². The summed E-state index contributed by atoms with van der Waals surface area (Å²) in [5.41, 5.74) is 3.44. The third-order valence-corrected chi connectivity index (χ3v) is 7.15. The van der Waals surface area contributed by atoms with Crippen molar-refractivity contribution in [3.05, 3.63) is 110 Å². The normalized spacial score (nSPS) is 14.4. The van der Waals surface area contributed by atoms with Gasteiger partial charge in [-0.05, 0) is 77.3 Å². The fraction of sp³-hybridized carbons (Fsp3) is 0.143. The number of carbonyl (C=O) groups is 2. The number of carbonyl (C=O) groups excluding carboxylic acids is 2. The topological polar surface area (TPSA) is 55.8 Å². The van der Waals surface area contributed by atoms with E-state index in [4.69, 9.17) is 21.1 Å². The van der Waals surface area contributed by atoms with Crippen LogP contribution in [0.1, 0.15) is 22.3 Å². The third kappa shape index (κ3) is 6.22. The fourth-order valence-corrected chi connectivity index (χ4v) is 4.91. The Labute approximate surface area is 227 Å². The molecule has 0 atom stereocenters. The second-order valence-electron chi connectivity index (χ2n) is 8.01. The average molecular weight is 585 g/mol. The molecule has 3 aromatic rings. The Kier molecular flexibility index (Phi) is 8.56. The molecule has 1 aliphatic heterocycles. The van der Waals surface area contributed by atoms with Crippen LogP contribution in [0.4, 0.5) is 4.79 Å². The first-order chi connectivity index (χ1) is 17.4. The van der Waals surface area contributed by atoms with Crippen LogP contribution in [0.2, 0.25) is 5.02 Å². The Morgan fingerprint density at radius 1 is 1.06 bits per heavy atom. The van der Waals surface area contributed by atoms with Crippen molar-refractivity contribution in [1.29, 1.82) is 0 Å². The Morgan fingerprint density at radius 3 is 2.42 bits per heavy atom. The van der Waals surface area contributed by atoms with Gasteiger partial charge in [0.25, 0.3) is 11.1 Å². The molecule has 1 fully saturated rings. The summed E-state index contributed by atoms with van der Waals surface area (Å²) in [5, 5.41) is 0.287. The van der Waals surface area contributed by atoms with E-state index in [1.54, 1.807) is 49.6 Å². The molecule has 0 N–H and O–H groups in total. The molecule has 4 rings (SSSR count). The lowest BCUT2D eigenvalue weighted by Gasteiger charge is -2.16. The predicted octanol–water partition coefficient (Wildman–Crippen LogP) is 7.66. The zero-order valence-corrected chi connectivity index (χ0v) is 22.7. The molecule has 0 aromatic heterocycles. The quantitative estimate of drug-likeness (QED) is 0.191. The zero-order valence-electron chi connectivity index (χ0n) is 19.5. The number of halogens is 2. The highest BCUT2D eigenvalue weighted by molar-refractivity contribution is 9.10. The number of hydrogen-bond donors (Lipinski definition) is 0. The minimum Gasteiger partial charge on any atom is -0.493 e. The summed E-state index contributed by atoms with van der Waals surface area (Å²) < 4.78 is 12.8. The van der Waals surface area contributed by atoms with Gasteiger partial charge >= 0.3 is 0 Å². The lowest BCUT2D eigenvalue weighted by Crippen LogP contribution is -2.27. The first-order valence-corrected chi connectivity index (χ1v) is 13.1. The highest BCUT2D eigenvalue weighted by Gasteiger charge is 2.35. The Balaban J connectivity index is 1.58. The summed E-state index contributed by atoms with van der Waals surface area (Å²) in [5.74, 6) is 0.825. The third-order valence-electron chi connectivity index (χ3n) is 5.46. The van der Waals surface area contributed by atoms with Crippen molar-refractivity contribution in [2.45, 2.75) is 19.6 Å². The van der Waals surface area contributed by atoms with E-state index in [0.717, 1.165) is 38.5 Å². The summed E-state index contributed by atoms with van der Waals surface area (Å²) in [6.45, 7) is 4.42. The van der Waals surface area contributed by atoms with Gasteiger partial charge in [-0.3, -0.25) is 14.5 Å². The Morgan fingerprint density at radius 2 is 1.75 bits per heavy atom. The van der Waals surface area contributed by atoms with Crippen molar-refractivity contribution < 1.29 is 19.1 Å². The number of nitrogens with zero attached hydrogens (tertiary/aromatic N) is 1. The Bertz CT molecular complexity index is 1320. The van der Waals surface area contributed by atoms with Gasteiger partial charge in [0.1, 0.15) is 6.61 Å². The van der Waals surface area contributed by atoms with E-state index >= 15 is 0 Å². The second-order valence-corrected chi connectivity index (χ2v) is 10.4. The molecule has 0 saturated carbocycles. The smallest absolute Gasteiger partial charge is 0.293 e. The molecule has 1 heterocycles. The molecule has 1 aliphatic rings. The van der Waals surface area contributed by atoms with E-state index in [1.165, 1.54) is 4.90 Å². The van der Waals surface area contributed by atoms with Gasteiger partial charge in [-0.2, -0.15) is 0 Å². The van der Waals surface area contributed by atoms with Crippen molar-refractivity contribution >= 4 is 56.5 Å². The molecule has 36 heavy (non-hydrogen) atoms. The van der Waals surface area contributed by atoms with Gasteiger partial charge in [-0.1, -0.05) is 57.9 Å². The molecular formula is C28H23BrClNO4S. The van der Waals surface area contributed by atoms with E-state index in [2.05, 4.69) is 22.5 Å². The van der Waals surface area contributed by atoms with Crippen LogP contribution in [0.15, 0.2) is 82.7 Å². The molecule has 8 heteroatoms. The molecule has 0 aliphatic carbocycles. The molecule has 184 valence electrons. The Hall–Kier alpha value is -3.00. The van der Waals surface area contributed by atoms with Crippen LogP contribution < -0.4 is 9.47 Å². The number of imide groups is 1. The van der Waals surface area contributed by atoms with Crippen LogP contribution in [-0.4, -0.2) is 23.2 Å². The molecule has 3 aromatic carbocycles. The average Bonchev–Trinajstić information content (AvgIpc) is 3.12. The van der Waals surface area contributed by atoms with Crippen LogP contribution in [-0.2, 0) is 24.4 Å². The lowest BCUT2D eigenvalue weighted by atomic mass is 10.0.